The number of halogens is 1. The Morgan fingerprint density at radius 3 is 2.56 bits per heavy atom. The smallest absolute Gasteiger partial charge is 0.238 e. The monoisotopic (exact) mass is 220 g/mol. The summed E-state index contributed by atoms with van der Waals surface area (Å²) in [7, 11) is 0. The Labute approximate surface area is 93.2 Å². The first-order valence-electron chi connectivity index (χ1n) is 5.56. The van der Waals surface area contributed by atoms with Crippen molar-refractivity contribution >= 4 is 5.91 Å². The third-order valence-corrected chi connectivity index (χ3v) is 3.14. The quantitative estimate of drug-likeness (QED) is 0.817. The summed E-state index contributed by atoms with van der Waals surface area (Å²) < 4.78 is 12.8. The van der Waals surface area contributed by atoms with Gasteiger partial charge in [0.15, 0.2) is 0 Å². The Morgan fingerprint density at radius 2 is 1.94 bits per heavy atom. The van der Waals surface area contributed by atoms with Gasteiger partial charge in [0.2, 0.25) is 5.91 Å². The van der Waals surface area contributed by atoms with Crippen molar-refractivity contribution in [1.82, 2.24) is 10.2 Å². The molecule has 1 N–H and O–H groups in total. The van der Waals surface area contributed by atoms with Gasteiger partial charge in [-0.25, -0.2) is 4.39 Å². The zero-order chi connectivity index (χ0) is 11.1. The second-order valence-corrected chi connectivity index (χ2v) is 4.37. The molecule has 0 radical (unpaired) electrons. The van der Waals surface area contributed by atoms with E-state index in [2.05, 4.69) is 5.32 Å². The van der Waals surface area contributed by atoms with Crippen LogP contribution in [0.5, 0.6) is 0 Å². The Morgan fingerprint density at radius 1 is 1.25 bits per heavy atom. The lowest BCUT2D eigenvalue weighted by Gasteiger charge is -2.24. The van der Waals surface area contributed by atoms with E-state index in [1.54, 1.807) is 12.1 Å². The summed E-state index contributed by atoms with van der Waals surface area (Å²) in [6, 6.07) is 6.73. The lowest BCUT2D eigenvalue weighted by molar-refractivity contribution is -0.128. The Hall–Kier alpha value is -1.42. The highest BCUT2D eigenvalue weighted by Gasteiger charge is 2.41. The normalized spacial score (nSPS) is 25.2. The fraction of sp³-hybridized carbons (Fsp3) is 0.417. The Bertz CT molecular complexity index is 414. The summed E-state index contributed by atoms with van der Waals surface area (Å²) in [5.41, 5.74) is 0.958. The molecule has 1 amide bonds. The third-order valence-electron chi connectivity index (χ3n) is 3.14. The second kappa shape index (κ2) is 3.56. The molecule has 1 atom stereocenters. The van der Waals surface area contributed by atoms with Gasteiger partial charge < -0.3 is 4.90 Å². The molecule has 1 aliphatic heterocycles. The van der Waals surface area contributed by atoms with Gasteiger partial charge in [-0.3, -0.25) is 10.1 Å². The van der Waals surface area contributed by atoms with Crippen LogP contribution in [0.15, 0.2) is 24.3 Å². The minimum absolute atomic E-state index is 0.0689. The molecule has 1 saturated carbocycles. The minimum Gasteiger partial charge on any atom is -0.319 e. The fourth-order valence-corrected chi connectivity index (χ4v) is 2.21. The molecule has 1 heterocycles. The second-order valence-electron chi connectivity index (χ2n) is 4.37. The summed E-state index contributed by atoms with van der Waals surface area (Å²) in [5, 5.41) is 3.17. The number of carbonyl (C=O) groups excluding carboxylic acids is 1. The highest BCUT2D eigenvalue weighted by molar-refractivity contribution is 5.81. The first-order valence-corrected chi connectivity index (χ1v) is 5.56. The van der Waals surface area contributed by atoms with E-state index in [1.165, 1.54) is 12.1 Å². The van der Waals surface area contributed by atoms with Crippen molar-refractivity contribution in [2.45, 2.75) is 25.0 Å². The summed E-state index contributed by atoms with van der Waals surface area (Å²) >= 11 is 0. The number of hydrogen-bond donors (Lipinski definition) is 1. The Kier molecular flexibility index (Phi) is 2.17. The number of rotatable bonds is 2. The molecule has 3 rings (SSSR count). The summed E-state index contributed by atoms with van der Waals surface area (Å²) in [4.78, 5) is 13.6. The van der Waals surface area contributed by atoms with Crippen molar-refractivity contribution in [2.75, 3.05) is 6.54 Å². The molecular weight excluding hydrogens is 207 g/mol. The number of nitrogens with one attached hydrogen (secondary N) is 1. The summed E-state index contributed by atoms with van der Waals surface area (Å²) in [6.07, 6.45) is 2.11. The van der Waals surface area contributed by atoms with Crippen LogP contribution in [0, 0.1) is 5.82 Å². The van der Waals surface area contributed by atoms with Crippen LogP contribution in [0.25, 0.3) is 0 Å². The van der Waals surface area contributed by atoms with E-state index < -0.39 is 0 Å². The standard InChI is InChI=1S/C12H13FN2O/c13-9-3-1-8(2-4-9)12-14-7-11(16)15(12)10-5-6-10/h1-4,10,12,14H,5-7H2. The molecule has 1 aromatic carbocycles. The van der Waals surface area contributed by atoms with Gasteiger partial charge in [-0.05, 0) is 30.5 Å². The van der Waals surface area contributed by atoms with Crippen LogP contribution in [-0.4, -0.2) is 23.4 Å². The van der Waals surface area contributed by atoms with E-state index in [1.807, 2.05) is 4.90 Å². The van der Waals surface area contributed by atoms with E-state index in [4.69, 9.17) is 0 Å². The van der Waals surface area contributed by atoms with Gasteiger partial charge >= 0.3 is 0 Å². The molecule has 1 unspecified atom stereocenters. The SMILES string of the molecule is O=C1CNC(c2ccc(F)cc2)N1C1CC1. The van der Waals surface area contributed by atoms with Gasteiger partial charge in [-0.2, -0.15) is 0 Å². The topological polar surface area (TPSA) is 32.3 Å². The molecule has 1 aromatic rings. The number of carbonyl (C=O) groups is 1. The number of nitrogens with zero attached hydrogens (tertiary/aromatic N) is 1. The lowest BCUT2D eigenvalue weighted by atomic mass is 10.1. The lowest BCUT2D eigenvalue weighted by Crippen LogP contribution is -2.32. The van der Waals surface area contributed by atoms with Crippen LogP contribution in [0.3, 0.4) is 0 Å². The summed E-state index contributed by atoms with van der Waals surface area (Å²) in [6.45, 7) is 0.387. The van der Waals surface area contributed by atoms with E-state index in [9.17, 15) is 9.18 Å². The highest BCUT2D eigenvalue weighted by Crippen LogP contribution is 2.35. The molecule has 3 nitrogen and oxygen atoms in total. The van der Waals surface area contributed by atoms with Gasteiger partial charge in [-0.15, -0.1) is 0 Å². The Balaban J connectivity index is 1.88. The van der Waals surface area contributed by atoms with Crippen molar-refractivity contribution in [1.29, 1.82) is 0 Å². The number of amides is 1. The molecule has 1 aliphatic carbocycles. The van der Waals surface area contributed by atoms with Crippen LogP contribution in [0.2, 0.25) is 0 Å². The molecule has 0 bridgehead atoms. The molecule has 2 aliphatic rings. The van der Waals surface area contributed by atoms with Crippen LogP contribution >= 0.6 is 0 Å². The van der Waals surface area contributed by atoms with Gasteiger partial charge in [0.05, 0.1) is 6.54 Å². The molecular formula is C12H13FN2O. The van der Waals surface area contributed by atoms with Crippen LogP contribution in [-0.2, 0) is 4.79 Å². The first-order chi connectivity index (χ1) is 7.75. The average Bonchev–Trinajstić information content (AvgIpc) is 3.04. The zero-order valence-electron chi connectivity index (χ0n) is 8.82. The van der Waals surface area contributed by atoms with Crippen LogP contribution in [0.4, 0.5) is 4.39 Å². The van der Waals surface area contributed by atoms with Crippen molar-refractivity contribution in [3.8, 4) is 0 Å². The van der Waals surface area contributed by atoms with Crippen LogP contribution in [0.1, 0.15) is 24.6 Å². The molecule has 2 fully saturated rings. The van der Waals surface area contributed by atoms with Gasteiger partial charge in [0, 0.05) is 6.04 Å². The minimum atomic E-state index is -0.244. The van der Waals surface area contributed by atoms with Gasteiger partial charge in [0.25, 0.3) is 0 Å². The van der Waals surface area contributed by atoms with Gasteiger partial charge in [0.1, 0.15) is 12.0 Å². The molecule has 16 heavy (non-hydrogen) atoms. The van der Waals surface area contributed by atoms with Crippen molar-refractivity contribution in [3.05, 3.63) is 35.6 Å². The predicted octanol–water partition coefficient (Wildman–Crippen LogP) is 1.42. The van der Waals surface area contributed by atoms with Crippen molar-refractivity contribution < 1.29 is 9.18 Å². The first kappa shape index (κ1) is 9.78. The predicted molar refractivity (Wildman–Crippen MR) is 57.0 cm³/mol. The maximum absolute atomic E-state index is 12.8. The summed E-state index contributed by atoms with van der Waals surface area (Å²) in [5.74, 6) is -0.0946. The molecule has 84 valence electrons. The highest BCUT2D eigenvalue weighted by atomic mass is 19.1. The van der Waals surface area contributed by atoms with E-state index in [0.29, 0.717) is 12.6 Å². The van der Waals surface area contributed by atoms with E-state index in [-0.39, 0.29) is 17.9 Å². The molecule has 0 aromatic heterocycles. The maximum atomic E-state index is 12.8. The number of benzene rings is 1. The molecule has 0 spiro atoms. The fourth-order valence-electron chi connectivity index (χ4n) is 2.21. The average molecular weight is 220 g/mol. The van der Waals surface area contributed by atoms with Crippen LogP contribution < -0.4 is 5.32 Å². The van der Waals surface area contributed by atoms with Crippen molar-refractivity contribution in [2.24, 2.45) is 0 Å². The molecule has 1 saturated heterocycles. The third kappa shape index (κ3) is 1.59. The largest absolute Gasteiger partial charge is 0.319 e. The maximum Gasteiger partial charge on any atom is 0.238 e. The van der Waals surface area contributed by atoms with Gasteiger partial charge in [-0.1, -0.05) is 12.1 Å². The van der Waals surface area contributed by atoms with E-state index in [0.717, 1.165) is 18.4 Å². The van der Waals surface area contributed by atoms with E-state index >= 15 is 0 Å². The number of hydrogen-bond acceptors (Lipinski definition) is 2. The van der Waals surface area contributed by atoms with Crippen molar-refractivity contribution in [3.63, 3.8) is 0 Å². The molecule has 4 heteroatoms. The zero-order valence-corrected chi connectivity index (χ0v) is 8.82.